The second-order valence-electron chi connectivity index (χ2n) is 8.17. The number of carbonyl (C=O) groups excluding carboxylic acids is 1. The van der Waals surface area contributed by atoms with Gasteiger partial charge < -0.3 is 30.2 Å². The summed E-state index contributed by atoms with van der Waals surface area (Å²) >= 11 is 0. The summed E-state index contributed by atoms with van der Waals surface area (Å²) in [5, 5.41) is 23.3. The molecule has 2 atom stereocenters. The van der Waals surface area contributed by atoms with E-state index in [1.54, 1.807) is 6.07 Å². The number of aromatic nitrogens is 4. The van der Waals surface area contributed by atoms with Crippen molar-refractivity contribution in [3.8, 4) is 0 Å². The number of hydrogen-bond donors (Lipinski definition) is 3. The fourth-order valence-corrected chi connectivity index (χ4v) is 3.73. The van der Waals surface area contributed by atoms with E-state index in [0.29, 0.717) is 31.6 Å². The van der Waals surface area contributed by atoms with Gasteiger partial charge in [-0.3, -0.25) is 14.6 Å². The van der Waals surface area contributed by atoms with E-state index in [0.717, 1.165) is 0 Å². The number of aliphatic hydroxyl groups is 1. The number of nitrogens with zero attached hydrogens (tertiary/aromatic N) is 4. The van der Waals surface area contributed by atoms with Gasteiger partial charge in [0.1, 0.15) is 5.69 Å². The standard InChI is InChI=1S/C18H21F2N6O5.Y/c1-26-12(2-9(24-26)5-30-16(19)20)15(27)21-14-4-11(22-23-14)13-3-10(6-29-13)25-31-18-7-17(18,28)8-18;/h2,4,10,13,16,28H,3,5-8H2,1H3,(H2,21,22,23,27);/q-1;. The molecule has 2 saturated carbocycles. The molecule has 5 rings (SSSR count). The first-order valence-corrected chi connectivity index (χ1v) is 9.79. The van der Waals surface area contributed by atoms with Crippen LogP contribution in [0.2, 0.25) is 0 Å². The Kier molecular flexibility index (Phi) is 6.53. The zero-order valence-corrected chi connectivity index (χ0v) is 20.0. The van der Waals surface area contributed by atoms with Crippen LogP contribution >= 0.6 is 0 Å². The number of hydroxylamine groups is 1. The minimum absolute atomic E-state index is 0. The van der Waals surface area contributed by atoms with Crippen molar-refractivity contribution in [1.82, 2.24) is 20.0 Å². The third-order valence-corrected chi connectivity index (χ3v) is 5.81. The maximum absolute atomic E-state index is 12.5. The zero-order chi connectivity index (χ0) is 21.8. The number of H-pyrrole nitrogens is 1. The van der Waals surface area contributed by atoms with Crippen molar-refractivity contribution in [3.63, 3.8) is 0 Å². The Morgan fingerprint density at radius 3 is 2.94 bits per heavy atom. The summed E-state index contributed by atoms with van der Waals surface area (Å²) < 4.78 is 35.5. The van der Waals surface area contributed by atoms with Crippen molar-refractivity contribution in [2.24, 2.45) is 7.05 Å². The van der Waals surface area contributed by atoms with Crippen LogP contribution in [-0.4, -0.2) is 61.5 Å². The molecular weight excluding hydrogens is 507 g/mol. The second kappa shape index (κ2) is 8.78. The molecule has 2 aromatic rings. The van der Waals surface area contributed by atoms with Gasteiger partial charge in [0.05, 0.1) is 35.3 Å². The summed E-state index contributed by atoms with van der Waals surface area (Å²) in [6.07, 6.45) is 1.59. The maximum Gasteiger partial charge on any atom is 0.345 e. The van der Waals surface area contributed by atoms with Crippen LogP contribution < -0.4 is 5.32 Å². The minimum atomic E-state index is -2.91. The van der Waals surface area contributed by atoms with Crippen LogP contribution in [0.3, 0.4) is 0 Å². The van der Waals surface area contributed by atoms with Crippen molar-refractivity contribution < 1.29 is 65.7 Å². The molecule has 1 radical (unpaired) electrons. The van der Waals surface area contributed by atoms with Gasteiger partial charge in [-0.05, 0) is 12.5 Å². The first-order valence-electron chi connectivity index (χ1n) is 9.79. The van der Waals surface area contributed by atoms with Crippen molar-refractivity contribution in [2.75, 3.05) is 11.9 Å². The molecule has 3 heterocycles. The van der Waals surface area contributed by atoms with Crippen LogP contribution in [-0.2, 0) is 60.7 Å². The van der Waals surface area contributed by atoms with Crippen LogP contribution in [0.25, 0.3) is 5.48 Å². The SMILES string of the molecule is Cn1nc(COC(F)F)cc1C(=O)Nc1cc(C2CC([N-]OC34CC3(O)C4)CO2)[nH]n1.[Y]. The molecule has 3 fully saturated rings. The number of aryl methyl sites for hydroxylation is 1. The van der Waals surface area contributed by atoms with Gasteiger partial charge >= 0.3 is 6.61 Å². The van der Waals surface area contributed by atoms with E-state index in [1.165, 1.54) is 17.8 Å². The largest absolute Gasteiger partial charge is 0.529 e. The number of fused-ring (bicyclic) bond motifs is 1. The molecule has 2 unspecified atom stereocenters. The quantitative estimate of drug-likeness (QED) is 0.420. The molecule has 14 heteroatoms. The number of hydrogen-bond acceptors (Lipinski definition) is 7. The number of alkyl halides is 2. The number of anilines is 1. The molecule has 2 aromatic heterocycles. The summed E-state index contributed by atoms with van der Waals surface area (Å²) in [7, 11) is 1.53. The van der Waals surface area contributed by atoms with Crippen LogP contribution in [0.1, 0.15) is 47.2 Å². The molecule has 0 bridgehead atoms. The second-order valence-corrected chi connectivity index (χ2v) is 8.17. The van der Waals surface area contributed by atoms with Gasteiger partial charge in [0.15, 0.2) is 5.82 Å². The van der Waals surface area contributed by atoms with E-state index < -0.39 is 30.3 Å². The first kappa shape index (κ1) is 23.8. The minimum Gasteiger partial charge on any atom is -0.529 e. The molecule has 0 aromatic carbocycles. The van der Waals surface area contributed by atoms with E-state index in [-0.39, 0.29) is 62.1 Å². The number of halogens is 2. The summed E-state index contributed by atoms with van der Waals surface area (Å²) in [5.74, 6) is -0.211. The average molecular weight is 528 g/mol. The third-order valence-electron chi connectivity index (χ3n) is 5.81. The molecule has 0 spiro atoms. The van der Waals surface area contributed by atoms with E-state index in [4.69, 9.17) is 9.57 Å². The molecule has 2 aliphatic carbocycles. The van der Waals surface area contributed by atoms with Gasteiger partial charge in [-0.1, -0.05) is 6.04 Å². The number of nitrogens with one attached hydrogen (secondary N) is 2. The number of amides is 1. The van der Waals surface area contributed by atoms with Gasteiger partial charge in [0, 0.05) is 65.3 Å². The third kappa shape index (κ3) is 4.65. The van der Waals surface area contributed by atoms with Crippen molar-refractivity contribution in [3.05, 3.63) is 34.7 Å². The van der Waals surface area contributed by atoms with Crippen LogP contribution in [0.5, 0.6) is 0 Å². The topological polar surface area (TPSA) is 138 Å². The monoisotopic (exact) mass is 528 g/mol. The molecular formula is C18H21F2N6O5Y-. The Balaban J connectivity index is 0.00000245. The Labute approximate surface area is 206 Å². The fourth-order valence-electron chi connectivity index (χ4n) is 3.73. The Morgan fingerprint density at radius 2 is 2.25 bits per heavy atom. The normalized spacial score (nSPS) is 30.2. The smallest absolute Gasteiger partial charge is 0.345 e. The van der Waals surface area contributed by atoms with E-state index in [1.807, 2.05) is 0 Å². The summed E-state index contributed by atoms with van der Waals surface area (Å²) in [6, 6.07) is 2.88. The van der Waals surface area contributed by atoms with E-state index >= 15 is 0 Å². The van der Waals surface area contributed by atoms with Gasteiger partial charge in [0.25, 0.3) is 5.91 Å². The fraction of sp³-hybridized carbons (Fsp3) is 0.611. The predicted octanol–water partition coefficient (Wildman–Crippen LogP) is 1.54. The van der Waals surface area contributed by atoms with Gasteiger partial charge in [-0.25, -0.2) is 0 Å². The van der Waals surface area contributed by atoms with Crippen LogP contribution in [0, 0.1) is 0 Å². The van der Waals surface area contributed by atoms with Gasteiger partial charge in [-0.2, -0.15) is 19.0 Å². The van der Waals surface area contributed by atoms with Gasteiger partial charge in [0.2, 0.25) is 0 Å². The molecule has 3 N–H and O–H groups in total. The number of carbonyl (C=O) groups is 1. The van der Waals surface area contributed by atoms with Crippen LogP contribution in [0.15, 0.2) is 12.1 Å². The van der Waals surface area contributed by atoms with Gasteiger partial charge in [-0.15, -0.1) is 0 Å². The zero-order valence-electron chi connectivity index (χ0n) is 17.1. The van der Waals surface area contributed by atoms with Crippen molar-refractivity contribution >= 4 is 11.7 Å². The molecule has 1 aliphatic heterocycles. The number of aromatic amines is 1. The molecule has 171 valence electrons. The molecule has 3 aliphatic rings. The summed E-state index contributed by atoms with van der Waals surface area (Å²) in [4.78, 5) is 18.0. The number of rotatable bonds is 9. The summed E-state index contributed by atoms with van der Waals surface area (Å²) in [5.41, 5.74) is 4.15. The predicted molar refractivity (Wildman–Crippen MR) is 99.0 cm³/mol. The first-order chi connectivity index (χ1) is 14.8. The average Bonchev–Trinajstić information content (AvgIpc) is 3.20. The van der Waals surface area contributed by atoms with Crippen molar-refractivity contribution in [1.29, 1.82) is 0 Å². The Morgan fingerprint density at radius 1 is 1.50 bits per heavy atom. The summed E-state index contributed by atoms with van der Waals surface area (Å²) in [6.45, 7) is -2.93. The van der Waals surface area contributed by atoms with Crippen LogP contribution in [0.4, 0.5) is 14.6 Å². The molecule has 1 amide bonds. The molecule has 1 saturated heterocycles. The van der Waals surface area contributed by atoms with E-state index in [9.17, 15) is 18.7 Å². The Hall–Kier alpha value is -1.35. The van der Waals surface area contributed by atoms with Crippen molar-refractivity contribution in [2.45, 2.75) is 55.8 Å². The van der Waals surface area contributed by atoms with E-state index in [2.05, 4.69) is 30.8 Å². The molecule has 11 nitrogen and oxygen atoms in total. The Bertz CT molecular complexity index is 994. The number of ether oxygens (including phenoxy) is 2. The molecule has 32 heavy (non-hydrogen) atoms. The maximum atomic E-state index is 12.5.